The highest BCUT2D eigenvalue weighted by molar-refractivity contribution is 5.93. The third kappa shape index (κ3) is 5.68. The molecule has 0 aliphatic heterocycles. The first kappa shape index (κ1) is 19.6. The van der Waals surface area contributed by atoms with E-state index in [1.165, 1.54) is 5.56 Å². The SMILES string of the molecule is CCN(Cc1ccccc1)C(=O)c1cc(NCCCc2ccccc2)ccn1. The number of hydrogen-bond acceptors (Lipinski definition) is 3. The number of nitrogens with zero attached hydrogens (tertiary/aromatic N) is 2. The number of rotatable bonds is 9. The molecule has 2 aromatic carbocycles. The Morgan fingerprint density at radius 1 is 0.964 bits per heavy atom. The van der Waals surface area contributed by atoms with E-state index in [0.29, 0.717) is 18.8 Å². The van der Waals surface area contributed by atoms with Gasteiger partial charge in [0.25, 0.3) is 5.91 Å². The van der Waals surface area contributed by atoms with Crippen molar-refractivity contribution < 1.29 is 4.79 Å². The number of carbonyl (C=O) groups is 1. The molecular formula is C24H27N3O. The van der Waals surface area contributed by atoms with E-state index < -0.39 is 0 Å². The van der Waals surface area contributed by atoms with Gasteiger partial charge in [-0.2, -0.15) is 0 Å². The number of pyridine rings is 1. The number of nitrogens with one attached hydrogen (secondary N) is 1. The van der Waals surface area contributed by atoms with E-state index in [9.17, 15) is 4.79 Å². The van der Waals surface area contributed by atoms with E-state index in [0.717, 1.165) is 30.6 Å². The molecule has 0 aliphatic rings. The summed E-state index contributed by atoms with van der Waals surface area (Å²) in [6.07, 6.45) is 3.76. The standard InChI is InChI=1S/C24H27N3O/c1-2-27(19-21-12-7-4-8-13-21)24(28)23-18-22(15-17-26-23)25-16-9-14-20-10-5-3-6-11-20/h3-8,10-13,15,17-18H,2,9,14,16,19H2,1H3,(H,25,26). The monoisotopic (exact) mass is 373 g/mol. The molecule has 0 saturated heterocycles. The minimum atomic E-state index is -0.0423. The number of hydrogen-bond donors (Lipinski definition) is 1. The Morgan fingerprint density at radius 3 is 2.32 bits per heavy atom. The second kappa shape index (κ2) is 10.3. The average Bonchev–Trinajstić information content (AvgIpc) is 2.76. The summed E-state index contributed by atoms with van der Waals surface area (Å²) in [5, 5.41) is 3.41. The van der Waals surface area contributed by atoms with Crippen molar-refractivity contribution in [1.29, 1.82) is 0 Å². The molecule has 0 radical (unpaired) electrons. The summed E-state index contributed by atoms with van der Waals surface area (Å²) >= 11 is 0. The molecule has 0 saturated carbocycles. The molecule has 4 heteroatoms. The van der Waals surface area contributed by atoms with Crippen molar-refractivity contribution in [3.63, 3.8) is 0 Å². The van der Waals surface area contributed by atoms with Crippen molar-refractivity contribution in [3.8, 4) is 0 Å². The van der Waals surface area contributed by atoms with Gasteiger partial charge in [0.1, 0.15) is 5.69 Å². The number of aryl methyl sites for hydroxylation is 1. The molecule has 1 amide bonds. The Hall–Kier alpha value is -3.14. The third-order valence-corrected chi connectivity index (χ3v) is 4.68. The molecule has 3 aromatic rings. The van der Waals surface area contributed by atoms with Gasteiger partial charge in [-0.3, -0.25) is 9.78 Å². The van der Waals surface area contributed by atoms with Crippen LogP contribution in [0, 0.1) is 0 Å². The summed E-state index contributed by atoms with van der Waals surface area (Å²) in [5.41, 5.74) is 3.87. The van der Waals surface area contributed by atoms with Crippen LogP contribution in [0.15, 0.2) is 79.0 Å². The van der Waals surface area contributed by atoms with Crippen LogP contribution in [0.5, 0.6) is 0 Å². The van der Waals surface area contributed by atoms with Gasteiger partial charge >= 0.3 is 0 Å². The fourth-order valence-corrected chi connectivity index (χ4v) is 3.12. The van der Waals surface area contributed by atoms with Crippen molar-refractivity contribution in [1.82, 2.24) is 9.88 Å². The molecule has 1 N–H and O–H groups in total. The van der Waals surface area contributed by atoms with Gasteiger partial charge in [-0.15, -0.1) is 0 Å². The first-order valence-electron chi connectivity index (χ1n) is 9.83. The minimum absolute atomic E-state index is 0.0423. The highest BCUT2D eigenvalue weighted by atomic mass is 16.2. The quantitative estimate of drug-likeness (QED) is 0.549. The van der Waals surface area contributed by atoms with E-state index in [2.05, 4.69) is 34.6 Å². The zero-order chi connectivity index (χ0) is 19.6. The average molecular weight is 374 g/mol. The van der Waals surface area contributed by atoms with Crippen LogP contribution < -0.4 is 5.32 Å². The first-order chi connectivity index (χ1) is 13.8. The fraction of sp³-hybridized carbons (Fsp3) is 0.250. The van der Waals surface area contributed by atoms with Crippen LogP contribution in [-0.2, 0) is 13.0 Å². The van der Waals surface area contributed by atoms with E-state index in [-0.39, 0.29) is 5.91 Å². The maximum Gasteiger partial charge on any atom is 0.272 e. The highest BCUT2D eigenvalue weighted by Gasteiger charge is 2.16. The van der Waals surface area contributed by atoms with E-state index in [4.69, 9.17) is 0 Å². The Bertz CT molecular complexity index is 865. The zero-order valence-corrected chi connectivity index (χ0v) is 16.3. The van der Waals surface area contributed by atoms with Crippen LogP contribution >= 0.6 is 0 Å². The molecule has 3 rings (SSSR count). The third-order valence-electron chi connectivity index (χ3n) is 4.68. The fourth-order valence-electron chi connectivity index (χ4n) is 3.12. The second-order valence-electron chi connectivity index (χ2n) is 6.75. The van der Waals surface area contributed by atoms with Gasteiger partial charge in [-0.1, -0.05) is 60.7 Å². The molecule has 0 atom stereocenters. The molecule has 0 aliphatic carbocycles. The van der Waals surface area contributed by atoms with Crippen molar-refractivity contribution >= 4 is 11.6 Å². The number of amides is 1. The molecule has 0 unspecified atom stereocenters. The Labute approximate surface area is 167 Å². The van der Waals surface area contributed by atoms with Crippen LogP contribution in [0.1, 0.15) is 35.0 Å². The highest BCUT2D eigenvalue weighted by Crippen LogP contribution is 2.13. The number of anilines is 1. The van der Waals surface area contributed by atoms with Gasteiger partial charge in [-0.05, 0) is 43.0 Å². The largest absolute Gasteiger partial charge is 0.385 e. The van der Waals surface area contributed by atoms with E-state index in [1.54, 1.807) is 6.20 Å². The van der Waals surface area contributed by atoms with Crippen LogP contribution in [0.3, 0.4) is 0 Å². The van der Waals surface area contributed by atoms with E-state index >= 15 is 0 Å². The van der Waals surface area contributed by atoms with Gasteiger partial charge in [0.15, 0.2) is 0 Å². The summed E-state index contributed by atoms with van der Waals surface area (Å²) in [6, 6.07) is 24.3. The smallest absolute Gasteiger partial charge is 0.272 e. The molecule has 144 valence electrons. The number of carbonyl (C=O) groups excluding carboxylic acids is 1. The molecule has 4 nitrogen and oxygen atoms in total. The van der Waals surface area contributed by atoms with Gasteiger partial charge < -0.3 is 10.2 Å². The van der Waals surface area contributed by atoms with Gasteiger partial charge in [0.05, 0.1) is 0 Å². The van der Waals surface area contributed by atoms with Crippen molar-refractivity contribution in [2.45, 2.75) is 26.3 Å². The Kier molecular flexibility index (Phi) is 7.19. The molecule has 0 bridgehead atoms. The lowest BCUT2D eigenvalue weighted by Crippen LogP contribution is -2.31. The lowest BCUT2D eigenvalue weighted by Gasteiger charge is -2.21. The second-order valence-corrected chi connectivity index (χ2v) is 6.75. The van der Waals surface area contributed by atoms with Crippen LogP contribution in [-0.4, -0.2) is 28.9 Å². The molecular weight excluding hydrogens is 346 g/mol. The van der Waals surface area contributed by atoms with E-state index in [1.807, 2.05) is 60.4 Å². The van der Waals surface area contributed by atoms with Gasteiger partial charge in [0.2, 0.25) is 0 Å². The summed E-state index contributed by atoms with van der Waals surface area (Å²) in [7, 11) is 0. The lowest BCUT2D eigenvalue weighted by atomic mass is 10.1. The Balaban J connectivity index is 1.56. The number of aromatic nitrogens is 1. The van der Waals surface area contributed by atoms with Crippen LogP contribution in [0.2, 0.25) is 0 Å². The first-order valence-corrected chi connectivity index (χ1v) is 9.83. The maximum atomic E-state index is 12.9. The molecule has 1 aromatic heterocycles. The summed E-state index contributed by atoms with van der Waals surface area (Å²) < 4.78 is 0. The molecule has 0 fully saturated rings. The molecule has 28 heavy (non-hydrogen) atoms. The zero-order valence-electron chi connectivity index (χ0n) is 16.3. The summed E-state index contributed by atoms with van der Waals surface area (Å²) in [5.74, 6) is -0.0423. The predicted molar refractivity (Wildman–Crippen MR) is 114 cm³/mol. The van der Waals surface area contributed by atoms with Crippen molar-refractivity contribution in [2.75, 3.05) is 18.4 Å². The topological polar surface area (TPSA) is 45.2 Å². The van der Waals surface area contributed by atoms with Gasteiger partial charge in [0, 0.05) is 31.5 Å². The normalized spacial score (nSPS) is 10.5. The number of benzene rings is 2. The predicted octanol–water partition coefficient (Wildman–Crippen LogP) is 4.79. The van der Waals surface area contributed by atoms with Gasteiger partial charge in [-0.25, -0.2) is 0 Å². The Morgan fingerprint density at radius 2 is 1.64 bits per heavy atom. The lowest BCUT2D eigenvalue weighted by molar-refractivity contribution is 0.0746. The summed E-state index contributed by atoms with van der Waals surface area (Å²) in [6.45, 7) is 4.08. The summed E-state index contributed by atoms with van der Waals surface area (Å²) in [4.78, 5) is 19.0. The molecule has 0 spiro atoms. The van der Waals surface area contributed by atoms with Crippen molar-refractivity contribution in [3.05, 3.63) is 95.8 Å². The van der Waals surface area contributed by atoms with Crippen molar-refractivity contribution in [2.24, 2.45) is 0 Å². The molecule has 1 heterocycles. The minimum Gasteiger partial charge on any atom is -0.385 e. The van der Waals surface area contributed by atoms with Crippen LogP contribution in [0.4, 0.5) is 5.69 Å². The maximum absolute atomic E-state index is 12.9. The van der Waals surface area contributed by atoms with Crippen LogP contribution in [0.25, 0.3) is 0 Å².